The predicted molar refractivity (Wildman–Crippen MR) is 47.9 cm³/mol. The maximum Gasteiger partial charge on any atom is 0.256 e. The lowest BCUT2D eigenvalue weighted by Gasteiger charge is -2.07. The molecule has 7 heteroatoms. The molecule has 0 saturated carbocycles. The van der Waals surface area contributed by atoms with Gasteiger partial charge in [-0.25, -0.2) is 13.2 Å². The van der Waals surface area contributed by atoms with E-state index < -0.39 is 33.7 Å². The Bertz CT molecular complexity index is 323. The van der Waals surface area contributed by atoms with E-state index in [1.54, 1.807) is 0 Å². The largest absolute Gasteiger partial charge is 0.379 e. The predicted octanol–water partition coefficient (Wildman–Crippen LogP) is -0.0275. The van der Waals surface area contributed by atoms with Crippen molar-refractivity contribution in [1.82, 2.24) is 0 Å². The molecule has 0 atom stereocenters. The van der Waals surface area contributed by atoms with Crippen molar-refractivity contribution in [3.05, 3.63) is 35.1 Å². The summed E-state index contributed by atoms with van der Waals surface area (Å²) in [5, 5.41) is 16.7. The molecule has 0 heterocycles. The summed E-state index contributed by atoms with van der Waals surface area (Å²) >= 11 is 0. The average Bonchev–Trinajstić information content (AvgIpc) is 2.08. The Balaban J connectivity index is 2.68. The second-order valence-corrected chi connectivity index (χ2v) is 4.04. The third-order valence-electron chi connectivity index (χ3n) is 1.72. The molecule has 1 aromatic carbocycles. The number of hydrogen-bond donors (Lipinski definition) is 2. The minimum Gasteiger partial charge on any atom is -0.379 e. The maximum atomic E-state index is 13.0. The van der Waals surface area contributed by atoms with Gasteiger partial charge in [-0.05, 0) is 6.04 Å². The molecular weight excluding hydrogens is 229 g/mol. The zero-order valence-electron chi connectivity index (χ0n) is 7.58. The molecular formula is C8H9F3O3Si. The number of halogens is 3. The van der Waals surface area contributed by atoms with E-state index in [-0.39, 0.29) is 11.6 Å². The molecule has 3 nitrogen and oxygen atoms in total. The van der Waals surface area contributed by atoms with Gasteiger partial charge in [0.2, 0.25) is 0 Å². The molecule has 15 heavy (non-hydrogen) atoms. The van der Waals surface area contributed by atoms with Crippen molar-refractivity contribution in [3.63, 3.8) is 0 Å². The summed E-state index contributed by atoms with van der Waals surface area (Å²) in [5.74, 6) is -2.97. The van der Waals surface area contributed by atoms with Gasteiger partial charge < -0.3 is 14.6 Å². The van der Waals surface area contributed by atoms with Crippen molar-refractivity contribution in [1.29, 1.82) is 0 Å². The molecule has 0 fully saturated rings. The molecule has 0 aliphatic heterocycles. The highest BCUT2D eigenvalue weighted by Crippen LogP contribution is 2.14. The van der Waals surface area contributed by atoms with Crippen LogP contribution in [0.1, 0.15) is 5.56 Å². The molecule has 84 valence electrons. The van der Waals surface area contributed by atoms with Crippen LogP contribution in [0, 0.1) is 17.5 Å². The zero-order chi connectivity index (χ0) is 11.4. The van der Waals surface area contributed by atoms with Crippen molar-refractivity contribution in [2.24, 2.45) is 0 Å². The molecule has 0 bridgehead atoms. The van der Waals surface area contributed by atoms with Crippen molar-refractivity contribution < 1.29 is 27.8 Å². The van der Waals surface area contributed by atoms with Crippen LogP contribution in [0.4, 0.5) is 13.2 Å². The molecule has 0 aliphatic rings. The van der Waals surface area contributed by atoms with E-state index in [1.807, 2.05) is 0 Å². The van der Waals surface area contributed by atoms with Crippen LogP contribution in [-0.4, -0.2) is 26.5 Å². The lowest BCUT2D eigenvalue weighted by atomic mass is 10.2. The van der Waals surface area contributed by atoms with Crippen LogP contribution in [0.3, 0.4) is 0 Å². The topological polar surface area (TPSA) is 49.7 Å². The van der Waals surface area contributed by atoms with Gasteiger partial charge in [-0.15, -0.1) is 0 Å². The van der Waals surface area contributed by atoms with Gasteiger partial charge in [0, 0.05) is 17.7 Å². The summed E-state index contributed by atoms with van der Waals surface area (Å²) in [7, 11) is -1.49. The molecule has 0 unspecified atom stereocenters. The van der Waals surface area contributed by atoms with Gasteiger partial charge in [0.15, 0.2) is 9.76 Å². The zero-order valence-corrected chi connectivity index (χ0v) is 9.00. The first-order chi connectivity index (χ1) is 7.00. The summed E-state index contributed by atoms with van der Waals surface area (Å²) in [6, 6.07) is 1.07. The van der Waals surface area contributed by atoms with Crippen LogP contribution >= 0.6 is 0 Å². The van der Waals surface area contributed by atoms with Gasteiger partial charge in [0.25, 0.3) is 6.48 Å². The highest BCUT2D eigenvalue weighted by molar-refractivity contribution is 6.26. The molecule has 0 radical (unpaired) electrons. The smallest absolute Gasteiger partial charge is 0.256 e. The maximum absolute atomic E-state index is 13.0. The standard InChI is InChI=1S/C8H9F3O3Si/c9-4-1-6(10)5(7(11)2-4)3-15-14-8(12)13/h1-2,8,12-13H,3,15H2. The molecule has 0 amide bonds. The third kappa shape index (κ3) is 3.63. The summed E-state index contributed by atoms with van der Waals surface area (Å²) < 4.78 is 42.9. The highest BCUT2D eigenvalue weighted by atomic mass is 28.2. The third-order valence-corrected chi connectivity index (χ3v) is 2.96. The van der Waals surface area contributed by atoms with Gasteiger partial charge in [-0.2, -0.15) is 0 Å². The van der Waals surface area contributed by atoms with E-state index in [0.29, 0.717) is 12.1 Å². The van der Waals surface area contributed by atoms with Crippen molar-refractivity contribution in [3.8, 4) is 0 Å². The minimum absolute atomic E-state index is 0.0738. The monoisotopic (exact) mass is 238 g/mol. The second-order valence-electron chi connectivity index (χ2n) is 2.80. The molecule has 2 N–H and O–H groups in total. The Morgan fingerprint density at radius 3 is 2.20 bits per heavy atom. The first kappa shape index (κ1) is 12.2. The fraction of sp³-hybridized carbons (Fsp3) is 0.250. The van der Waals surface area contributed by atoms with Gasteiger partial charge in [-0.3, -0.25) is 0 Å². The van der Waals surface area contributed by atoms with E-state index in [9.17, 15) is 13.2 Å². The summed E-state index contributed by atoms with van der Waals surface area (Å²) in [4.78, 5) is 0. The van der Waals surface area contributed by atoms with E-state index in [2.05, 4.69) is 4.43 Å². The van der Waals surface area contributed by atoms with Gasteiger partial charge >= 0.3 is 0 Å². The van der Waals surface area contributed by atoms with Crippen LogP contribution in [-0.2, 0) is 10.5 Å². The fourth-order valence-electron chi connectivity index (χ4n) is 1.08. The van der Waals surface area contributed by atoms with Crippen LogP contribution in [0.15, 0.2) is 12.1 Å². The lowest BCUT2D eigenvalue weighted by molar-refractivity contribution is -0.180. The fourth-order valence-corrected chi connectivity index (χ4v) is 2.09. The van der Waals surface area contributed by atoms with Crippen LogP contribution in [0.25, 0.3) is 0 Å². The molecule has 1 rings (SSSR count). The van der Waals surface area contributed by atoms with E-state index in [1.165, 1.54) is 0 Å². The van der Waals surface area contributed by atoms with Gasteiger partial charge in [0.05, 0.1) is 0 Å². The number of aliphatic hydroxyl groups excluding tert-OH is 1. The Morgan fingerprint density at radius 2 is 1.73 bits per heavy atom. The first-order valence-corrected chi connectivity index (χ1v) is 5.69. The second kappa shape index (κ2) is 5.26. The minimum atomic E-state index is -1.93. The van der Waals surface area contributed by atoms with E-state index >= 15 is 0 Å². The SMILES string of the molecule is OC(O)O[SiH2]Cc1c(F)cc(F)cc1F. The number of rotatable bonds is 4. The molecule has 0 saturated heterocycles. The number of benzene rings is 1. The lowest BCUT2D eigenvalue weighted by Crippen LogP contribution is -2.16. The highest BCUT2D eigenvalue weighted by Gasteiger charge is 2.11. The molecule has 0 aromatic heterocycles. The summed E-state index contributed by atoms with van der Waals surface area (Å²) in [5.41, 5.74) is -0.288. The van der Waals surface area contributed by atoms with Gasteiger partial charge in [-0.1, -0.05) is 0 Å². The Hall–Kier alpha value is -0.893. The quantitative estimate of drug-likeness (QED) is 0.572. The van der Waals surface area contributed by atoms with E-state index in [4.69, 9.17) is 10.2 Å². The summed E-state index contributed by atoms with van der Waals surface area (Å²) in [6.07, 6.45) is 0. The average molecular weight is 238 g/mol. The first-order valence-electron chi connectivity index (χ1n) is 4.12. The normalized spacial score (nSPS) is 11.9. The van der Waals surface area contributed by atoms with Crippen molar-refractivity contribution in [2.75, 3.05) is 0 Å². The van der Waals surface area contributed by atoms with E-state index in [0.717, 1.165) is 0 Å². The Morgan fingerprint density at radius 1 is 1.20 bits per heavy atom. The van der Waals surface area contributed by atoms with Crippen molar-refractivity contribution in [2.45, 2.75) is 12.5 Å². The number of aliphatic hydroxyl groups is 2. The summed E-state index contributed by atoms with van der Waals surface area (Å²) in [6.45, 7) is -1.93. The van der Waals surface area contributed by atoms with Crippen LogP contribution in [0.2, 0.25) is 0 Å². The molecule has 0 aliphatic carbocycles. The van der Waals surface area contributed by atoms with Crippen LogP contribution in [0.5, 0.6) is 0 Å². The Kier molecular flexibility index (Phi) is 4.27. The molecule has 1 aromatic rings. The Labute approximate surface area is 86.1 Å². The van der Waals surface area contributed by atoms with Crippen LogP contribution < -0.4 is 0 Å². The van der Waals surface area contributed by atoms with Gasteiger partial charge in [0.1, 0.15) is 17.5 Å². The molecule has 0 spiro atoms. The number of hydrogen-bond acceptors (Lipinski definition) is 3. The van der Waals surface area contributed by atoms with Crippen molar-refractivity contribution >= 4 is 9.76 Å².